The van der Waals surface area contributed by atoms with Gasteiger partial charge in [0.15, 0.2) is 0 Å². The average Bonchev–Trinajstić information content (AvgIpc) is 3.57. The summed E-state index contributed by atoms with van der Waals surface area (Å²) in [5.41, 5.74) is 3.94. The van der Waals surface area contributed by atoms with E-state index in [1.165, 1.54) is 12.8 Å². The summed E-state index contributed by atoms with van der Waals surface area (Å²) in [6.07, 6.45) is 9.31. The molecule has 5 heteroatoms. The second kappa shape index (κ2) is 12.9. The number of hydrogen-bond donors (Lipinski definition) is 0. The molecule has 0 amide bonds. The van der Waals surface area contributed by atoms with E-state index in [1.807, 2.05) is 53.2 Å². The van der Waals surface area contributed by atoms with Crippen molar-refractivity contribution in [3.8, 4) is 17.9 Å². The predicted molar refractivity (Wildman–Crippen MR) is 146 cm³/mol. The highest BCUT2D eigenvalue weighted by molar-refractivity contribution is 7.11. The van der Waals surface area contributed by atoms with E-state index >= 15 is 0 Å². The van der Waals surface area contributed by atoms with Crippen LogP contribution in [0.5, 0.6) is 5.75 Å². The van der Waals surface area contributed by atoms with Crippen molar-refractivity contribution < 1.29 is 4.74 Å². The van der Waals surface area contributed by atoms with Gasteiger partial charge < -0.3 is 4.74 Å². The summed E-state index contributed by atoms with van der Waals surface area (Å²) < 4.78 is 5.75. The van der Waals surface area contributed by atoms with E-state index in [0.717, 1.165) is 45.7 Å². The lowest BCUT2D eigenvalue weighted by atomic mass is 9.86. The number of nitriles is 2. The zero-order chi connectivity index (χ0) is 24.3. The molecule has 3 nitrogen and oxygen atoms in total. The zero-order valence-corrected chi connectivity index (χ0v) is 21.6. The van der Waals surface area contributed by atoms with E-state index in [2.05, 4.69) is 32.1 Å². The molecule has 0 aliphatic heterocycles. The van der Waals surface area contributed by atoms with E-state index < -0.39 is 0 Å². The number of rotatable bonds is 11. The molecule has 2 aromatic heterocycles. The van der Waals surface area contributed by atoms with Crippen LogP contribution in [0.1, 0.15) is 66.0 Å². The molecule has 0 radical (unpaired) electrons. The van der Waals surface area contributed by atoms with E-state index in [9.17, 15) is 10.5 Å². The Kier molecular flexibility index (Phi) is 9.71. The number of hydrogen-bond acceptors (Lipinski definition) is 5. The van der Waals surface area contributed by atoms with Crippen LogP contribution in [-0.4, -0.2) is 7.11 Å². The summed E-state index contributed by atoms with van der Waals surface area (Å²) in [5, 5.41) is 24.1. The molecule has 0 aliphatic rings. The van der Waals surface area contributed by atoms with Crippen molar-refractivity contribution in [2.24, 2.45) is 5.92 Å². The van der Waals surface area contributed by atoms with Gasteiger partial charge in [0, 0.05) is 15.3 Å². The number of thiophene rings is 2. The maximum atomic E-state index is 10.1. The van der Waals surface area contributed by atoms with Gasteiger partial charge in [0.25, 0.3) is 0 Å². The first kappa shape index (κ1) is 25.5. The maximum absolute atomic E-state index is 10.1. The van der Waals surface area contributed by atoms with Gasteiger partial charge in [-0.15, -0.1) is 22.7 Å². The van der Waals surface area contributed by atoms with Gasteiger partial charge in [-0.1, -0.05) is 51.7 Å². The molecule has 0 saturated heterocycles. The van der Waals surface area contributed by atoms with Crippen LogP contribution >= 0.6 is 22.7 Å². The highest BCUT2D eigenvalue weighted by Gasteiger charge is 2.19. The van der Waals surface area contributed by atoms with Gasteiger partial charge in [-0.3, -0.25) is 0 Å². The van der Waals surface area contributed by atoms with Crippen LogP contribution in [0, 0.1) is 28.6 Å². The highest BCUT2D eigenvalue weighted by Crippen LogP contribution is 2.36. The Morgan fingerprint density at radius 2 is 1.59 bits per heavy atom. The van der Waals surface area contributed by atoms with Gasteiger partial charge in [-0.05, 0) is 70.6 Å². The Bertz CT molecular complexity index is 1210. The van der Waals surface area contributed by atoms with Crippen molar-refractivity contribution in [2.45, 2.75) is 46.0 Å². The zero-order valence-electron chi connectivity index (χ0n) is 20.0. The Morgan fingerprint density at radius 3 is 2.06 bits per heavy atom. The number of benzene rings is 1. The molecular formula is C29H30N2OS2. The van der Waals surface area contributed by atoms with Crippen molar-refractivity contribution in [1.29, 1.82) is 10.5 Å². The topological polar surface area (TPSA) is 56.8 Å². The monoisotopic (exact) mass is 486 g/mol. The molecule has 1 atom stereocenters. The normalized spacial score (nSPS) is 12.7. The first-order chi connectivity index (χ1) is 16.6. The van der Waals surface area contributed by atoms with Crippen LogP contribution in [0.4, 0.5) is 0 Å². The van der Waals surface area contributed by atoms with Crippen molar-refractivity contribution in [3.63, 3.8) is 0 Å². The lowest BCUT2D eigenvalue weighted by Gasteiger charge is -2.20. The molecule has 0 spiro atoms. The van der Waals surface area contributed by atoms with E-state index in [0.29, 0.717) is 22.8 Å². The molecule has 0 N–H and O–H groups in total. The molecule has 174 valence electrons. The Hall–Kier alpha value is -3.12. The van der Waals surface area contributed by atoms with Crippen LogP contribution in [0.3, 0.4) is 0 Å². The molecule has 0 saturated carbocycles. The summed E-state index contributed by atoms with van der Waals surface area (Å²) in [4.78, 5) is 2.06. The molecule has 2 heterocycles. The minimum atomic E-state index is 0.522. The minimum absolute atomic E-state index is 0.522. The van der Waals surface area contributed by atoms with E-state index in [1.54, 1.807) is 29.8 Å². The summed E-state index contributed by atoms with van der Waals surface area (Å²) in [7, 11) is 1.62. The largest absolute Gasteiger partial charge is 0.496 e. The first-order valence-corrected chi connectivity index (χ1v) is 13.4. The van der Waals surface area contributed by atoms with Crippen LogP contribution in [0.25, 0.3) is 23.3 Å². The Balaban J connectivity index is 2.17. The van der Waals surface area contributed by atoms with Crippen LogP contribution in [0.15, 0.2) is 47.2 Å². The van der Waals surface area contributed by atoms with E-state index in [-0.39, 0.29) is 0 Å². The number of methoxy groups -OCH3 is 1. The summed E-state index contributed by atoms with van der Waals surface area (Å²) in [5.74, 6) is 1.13. The van der Waals surface area contributed by atoms with E-state index in [4.69, 9.17) is 4.74 Å². The van der Waals surface area contributed by atoms with Crippen LogP contribution in [-0.2, 0) is 6.42 Å². The lowest BCUT2D eigenvalue weighted by Crippen LogP contribution is -2.07. The molecule has 0 fully saturated rings. The van der Waals surface area contributed by atoms with Gasteiger partial charge in [0.2, 0.25) is 0 Å². The molecule has 3 aromatic rings. The third-order valence-electron chi connectivity index (χ3n) is 5.96. The fraction of sp³-hybridized carbons (Fsp3) is 0.310. The average molecular weight is 487 g/mol. The molecule has 0 bridgehead atoms. The summed E-state index contributed by atoms with van der Waals surface area (Å²) in [6.45, 7) is 4.45. The van der Waals surface area contributed by atoms with Crippen molar-refractivity contribution in [2.75, 3.05) is 7.11 Å². The third-order valence-corrected chi connectivity index (χ3v) is 7.60. The minimum Gasteiger partial charge on any atom is -0.496 e. The maximum Gasteiger partial charge on any atom is 0.128 e. The summed E-state index contributed by atoms with van der Waals surface area (Å²) in [6, 6.07) is 16.8. The molecule has 0 aliphatic carbocycles. The number of allylic oxidation sites excluding steroid dienone is 2. The van der Waals surface area contributed by atoms with Gasteiger partial charge in [0.05, 0.1) is 30.4 Å². The number of nitrogens with zero attached hydrogens (tertiary/aromatic N) is 2. The fourth-order valence-electron chi connectivity index (χ4n) is 4.05. The molecule has 34 heavy (non-hydrogen) atoms. The molecule has 3 rings (SSSR count). The van der Waals surface area contributed by atoms with Gasteiger partial charge in [0.1, 0.15) is 5.75 Å². The Labute approximate surface area is 211 Å². The van der Waals surface area contributed by atoms with Crippen molar-refractivity contribution >= 4 is 46.0 Å². The van der Waals surface area contributed by atoms with Gasteiger partial charge >= 0.3 is 0 Å². The number of ether oxygens (including phenoxy) is 1. The first-order valence-electron chi connectivity index (χ1n) is 11.7. The second-order valence-electron chi connectivity index (χ2n) is 8.20. The van der Waals surface area contributed by atoms with Crippen molar-refractivity contribution in [3.05, 3.63) is 73.6 Å². The molecular weight excluding hydrogens is 456 g/mol. The van der Waals surface area contributed by atoms with Gasteiger partial charge in [-0.2, -0.15) is 10.5 Å². The molecule has 1 aromatic carbocycles. The number of unbranched alkanes of at least 4 members (excludes halogenated alkanes) is 1. The van der Waals surface area contributed by atoms with Gasteiger partial charge in [-0.25, -0.2) is 0 Å². The molecule has 1 unspecified atom stereocenters. The standard InChI is InChI=1S/C29H30N2OS2/c1-4-6-9-21(5-2)14-22-17-28(24(20-31)16-26-11-8-13-34-26)29(32-3)18-27(22)23(19-30)15-25-10-7-12-33-25/h7-8,10-13,15-18,21H,4-6,9,14H2,1-3H3/b23-15+,24-16+. The second-order valence-corrected chi connectivity index (χ2v) is 10.2. The highest BCUT2D eigenvalue weighted by atomic mass is 32.1. The fourth-order valence-corrected chi connectivity index (χ4v) is 5.36. The van der Waals surface area contributed by atoms with Crippen LogP contribution < -0.4 is 4.74 Å². The SMILES string of the molecule is CCCCC(CC)Cc1cc(/C(C#N)=C/c2cccs2)c(OC)cc1/C(C#N)=C/c1cccs1. The predicted octanol–water partition coefficient (Wildman–Crippen LogP) is 8.71. The third kappa shape index (κ3) is 6.48. The Morgan fingerprint density at radius 1 is 0.971 bits per heavy atom. The summed E-state index contributed by atoms with van der Waals surface area (Å²) >= 11 is 3.21. The smallest absolute Gasteiger partial charge is 0.128 e. The lowest BCUT2D eigenvalue weighted by molar-refractivity contribution is 0.412. The quantitative estimate of drug-likeness (QED) is 0.255. The van der Waals surface area contributed by atoms with Crippen LogP contribution in [0.2, 0.25) is 0 Å². The van der Waals surface area contributed by atoms with Crippen molar-refractivity contribution in [1.82, 2.24) is 0 Å².